The fourth-order valence-corrected chi connectivity index (χ4v) is 1.83. The molecule has 4 nitrogen and oxygen atoms in total. The number of thiazole rings is 1. The Balaban J connectivity index is 1.75. The Labute approximate surface area is 107 Å². The zero-order valence-electron chi connectivity index (χ0n) is 9.43. The van der Waals surface area contributed by atoms with Gasteiger partial charge in [-0.15, -0.1) is 11.3 Å². The van der Waals surface area contributed by atoms with Crippen molar-refractivity contribution in [3.05, 3.63) is 46.7 Å². The molecule has 1 heterocycles. The Morgan fingerprint density at radius 2 is 2.39 bits per heavy atom. The minimum Gasteiger partial charge on any atom is -0.484 e. The van der Waals surface area contributed by atoms with E-state index >= 15 is 0 Å². The third-order valence-corrected chi connectivity index (χ3v) is 2.75. The van der Waals surface area contributed by atoms with E-state index in [-0.39, 0.29) is 12.5 Å². The molecule has 0 unspecified atom stereocenters. The summed E-state index contributed by atoms with van der Waals surface area (Å²) in [6, 6.07) is 5.66. The topological polar surface area (TPSA) is 51.2 Å². The number of amides is 1. The van der Waals surface area contributed by atoms with Gasteiger partial charge in [0.1, 0.15) is 11.6 Å². The number of aromatic nitrogens is 1. The van der Waals surface area contributed by atoms with Gasteiger partial charge in [-0.2, -0.15) is 0 Å². The molecule has 94 valence electrons. The van der Waals surface area contributed by atoms with Gasteiger partial charge in [0.25, 0.3) is 5.91 Å². The van der Waals surface area contributed by atoms with Crippen molar-refractivity contribution in [3.63, 3.8) is 0 Å². The molecular weight excluding hydrogens is 255 g/mol. The molecule has 18 heavy (non-hydrogen) atoms. The maximum atomic E-state index is 12.8. The molecule has 2 rings (SSSR count). The van der Waals surface area contributed by atoms with E-state index in [9.17, 15) is 9.18 Å². The second-order valence-corrected chi connectivity index (χ2v) is 4.22. The van der Waals surface area contributed by atoms with Crippen molar-refractivity contribution < 1.29 is 13.9 Å². The number of hydrogen-bond donors (Lipinski definition) is 1. The number of halogens is 1. The number of carbonyl (C=O) groups excluding carboxylic acids is 1. The summed E-state index contributed by atoms with van der Waals surface area (Å²) in [7, 11) is 0. The molecule has 0 aliphatic heterocycles. The highest BCUT2D eigenvalue weighted by molar-refractivity contribution is 7.07. The first kappa shape index (κ1) is 12.5. The molecule has 0 bridgehead atoms. The van der Waals surface area contributed by atoms with Crippen LogP contribution in [0.5, 0.6) is 5.75 Å². The Kier molecular flexibility index (Phi) is 4.25. The van der Waals surface area contributed by atoms with E-state index in [1.54, 1.807) is 11.6 Å². The minimum atomic E-state index is -0.393. The standard InChI is InChI=1S/C12H11FN2O2S/c13-9-2-1-3-11(4-9)17-6-12(16)14-5-10-7-18-8-15-10/h1-4,7-8H,5-6H2,(H,14,16). The highest BCUT2D eigenvalue weighted by Crippen LogP contribution is 2.11. The summed E-state index contributed by atoms with van der Waals surface area (Å²) in [4.78, 5) is 15.5. The SMILES string of the molecule is O=C(COc1cccc(F)c1)NCc1cscn1. The molecule has 0 atom stereocenters. The summed E-state index contributed by atoms with van der Waals surface area (Å²) in [5, 5.41) is 4.51. The Morgan fingerprint density at radius 3 is 3.11 bits per heavy atom. The molecule has 2 aromatic rings. The van der Waals surface area contributed by atoms with Crippen LogP contribution < -0.4 is 10.1 Å². The molecule has 0 fully saturated rings. The van der Waals surface area contributed by atoms with E-state index in [1.165, 1.54) is 29.5 Å². The number of carbonyl (C=O) groups is 1. The first-order valence-corrected chi connectivity index (χ1v) is 6.20. The van der Waals surface area contributed by atoms with Gasteiger partial charge in [-0.25, -0.2) is 9.37 Å². The minimum absolute atomic E-state index is 0.145. The van der Waals surface area contributed by atoms with Gasteiger partial charge in [0.2, 0.25) is 0 Å². The van der Waals surface area contributed by atoms with Crippen LogP contribution in [0.4, 0.5) is 4.39 Å². The molecule has 1 aromatic carbocycles. The van der Waals surface area contributed by atoms with Crippen molar-refractivity contribution in [3.8, 4) is 5.75 Å². The van der Waals surface area contributed by atoms with Gasteiger partial charge < -0.3 is 10.1 Å². The van der Waals surface area contributed by atoms with Crippen LogP contribution in [-0.2, 0) is 11.3 Å². The summed E-state index contributed by atoms with van der Waals surface area (Å²) < 4.78 is 18.0. The van der Waals surface area contributed by atoms with Crippen molar-refractivity contribution in [1.82, 2.24) is 10.3 Å². The lowest BCUT2D eigenvalue weighted by molar-refractivity contribution is -0.123. The lowest BCUT2D eigenvalue weighted by Gasteiger charge is -2.06. The molecule has 1 aromatic heterocycles. The predicted octanol–water partition coefficient (Wildman–Crippen LogP) is 1.98. The van der Waals surface area contributed by atoms with Gasteiger partial charge in [0.05, 0.1) is 17.7 Å². The van der Waals surface area contributed by atoms with Crippen LogP contribution in [-0.4, -0.2) is 17.5 Å². The summed E-state index contributed by atoms with van der Waals surface area (Å²) in [5.41, 5.74) is 2.50. The average molecular weight is 266 g/mol. The second kappa shape index (κ2) is 6.11. The largest absolute Gasteiger partial charge is 0.484 e. The fraction of sp³-hybridized carbons (Fsp3) is 0.167. The van der Waals surface area contributed by atoms with Crippen molar-refractivity contribution >= 4 is 17.2 Å². The molecule has 0 saturated carbocycles. The Morgan fingerprint density at radius 1 is 1.50 bits per heavy atom. The maximum Gasteiger partial charge on any atom is 0.258 e. The summed E-state index contributed by atoms with van der Waals surface area (Å²) in [5.74, 6) is -0.332. The second-order valence-electron chi connectivity index (χ2n) is 3.50. The van der Waals surface area contributed by atoms with E-state index in [0.717, 1.165) is 5.69 Å². The highest BCUT2D eigenvalue weighted by Gasteiger charge is 2.04. The van der Waals surface area contributed by atoms with Crippen molar-refractivity contribution in [2.45, 2.75) is 6.54 Å². The van der Waals surface area contributed by atoms with Gasteiger partial charge >= 0.3 is 0 Å². The average Bonchev–Trinajstić information content (AvgIpc) is 2.87. The number of benzene rings is 1. The summed E-state index contributed by atoms with van der Waals surface area (Å²) >= 11 is 1.47. The van der Waals surface area contributed by atoms with Gasteiger partial charge in [0, 0.05) is 11.4 Å². The van der Waals surface area contributed by atoms with Crippen molar-refractivity contribution in [2.24, 2.45) is 0 Å². The molecule has 1 amide bonds. The lowest BCUT2D eigenvalue weighted by Crippen LogP contribution is -2.28. The van der Waals surface area contributed by atoms with Crippen LogP contribution in [0.25, 0.3) is 0 Å². The first-order chi connectivity index (χ1) is 8.74. The number of ether oxygens (including phenoxy) is 1. The molecule has 6 heteroatoms. The van der Waals surface area contributed by atoms with Crippen LogP contribution in [0, 0.1) is 5.82 Å². The Bertz CT molecular complexity index is 517. The molecule has 1 N–H and O–H groups in total. The zero-order valence-corrected chi connectivity index (χ0v) is 10.2. The maximum absolute atomic E-state index is 12.8. The molecule has 0 saturated heterocycles. The van der Waals surface area contributed by atoms with Crippen LogP contribution in [0.3, 0.4) is 0 Å². The van der Waals surface area contributed by atoms with Crippen molar-refractivity contribution in [1.29, 1.82) is 0 Å². The van der Waals surface area contributed by atoms with E-state index in [0.29, 0.717) is 12.3 Å². The van der Waals surface area contributed by atoms with Gasteiger partial charge in [-0.3, -0.25) is 4.79 Å². The number of nitrogens with zero attached hydrogens (tertiary/aromatic N) is 1. The number of rotatable bonds is 5. The normalized spacial score (nSPS) is 10.1. The van der Waals surface area contributed by atoms with Crippen molar-refractivity contribution in [2.75, 3.05) is 6.61 Å². The number of nitrogens with one attached hydrogen (secondary N) is 1. The number of hydrogen-bond acceptors (Lipinski definition) is 4. The molecular formula is C12H11FN2O2S. The van der Waals surface area contributed by atoms with E-state index in [1.807, 2.05) is 5.38 Å². The van der Waals surface area contributed by atoms with E-state index in [2.05, 4.69) is 10.3 Å². The molecule has 0 radical (unpaired) electrons. The van der Waals surface area contributed by atoms with Gasteiger partial charge in [-0.1, -0.05) is 6.07 Å². The van der Waals surface area contributed by atoms with Crippen LogP contribution in [0.15, 0.2) is 35.2 Å². The summed E-state index contributed by atoms with van der Waals surface area (Å²) in [6.45, 7) is 0.225. The van der Waals surface area contributed by atoms with E-state index < -0.39 is 5.82 Å². The van der Waals surface area contributed by atoms with Gasteiger partial charge in [-0.05, 0) is 12.1 Å². The molecule has 0 aliphatic carbocycles. The third kappa shape index (κ3) is 3.81. The quantitative estimate of drug-likeness (QED) is 0.900. The highest BCUT2D eigenvalue weighted by atomic mass is 32.1. The van der Waals surface area contributed by atoms with Crippen LogP contribution in [0.1, 0.15) is 5.69 Å². The van der Waals surface area contributed by atoms with Crippen LogP contribution >= 0.6 is 11.3 Å². The lowest BCUT2D eigenvalue weighted by atomic mass is 10.3. The monoisotopic (exact) mass is 266 g/mol. The van der Waals surface area contributed by atoms with Gasteiger partial charge in [0.15, 0.2) is 6.61 Å². The predicted molar refractivity (Wildman–Crippen MR) is 65.9 cm³/mol. The van der Waals surface area contributed by atoms with Crippen LogP contribution in [0.2, 0.25) is 0 Å². The summed E-state index contributed by atoms with van der Waals surface area (Å²) in [6.07, 6.45) is 0. The first-order valence-electron chi connectivity index (χ1n) is 5.26. The van der Waals surface area contributed by atoms with E-state index in [4.69, 9.17) is 4.74 Å². The zero-order chi connectivity index (χ0) is 12.8. The fourth-order valence-electron chi connectivity index (χ4n) is 1.27. The molecule has 0 spiro atoms. The smallest absolute Gasteiger partial charge is 0.258 e. The molecule has 0 aliphatic rings. The Hall–Kier alpha value is -1.95. The third-order valence-electron chi connectivity index (χ3n) is 2.12.